The number of hydrogen-bond acceptors (Lipinski definition) is 0. The summed E-state index contributed by atoms with van der Waals surface area (Å²) in [5.74, 6) is 0.534. The molecular weight excluding hydrogens is 251 g/mol. The Kier molecular flexibility index (Phi) is 7.14. The van der Waals surface area contributed by atoms with Gasteiger partial charge in [-0.05, 0) is 17.5 Å². The number of unbranched alkanes of at least 4 members (excludes halogenated alkanes) is 1. The van der Waals surface area contributed by atoms with Crippen LogP contribution in [0.4, 0.5) is 0 Å². The van der Waals surface area contributed by atoms with E-state index in [9.17, 15) is 0 Å². The lowest BCUT2D eigenvalue weighted by atomic mass is 9.67. The minimum atomic E-state index is 0.534. The van der Waals surface area contributed by atoms with Crippen LogP contribution in [0.3, 0.4) is 0 Å². The fraction of sp³-hybridized carbons (Fsp3) is 0.400. The first-order valence-corrected chi connectivity index (χ1v) is 8.33. The van der Waals surface area contributed by atoms with Gasteiger partial charge >= 0.3 is 0 Å². The molecule has 0 amide bonds. The lowest BCUT2D eigenvalue weighted by molar-refractivity contribution is 0.695. The summed E-state index contributed by atoms with van der Waals surface area (Å²) >= 11 is 0. The molecule has 1 heteroatoms. The zero-order valence-electron chi connectivity index (χ0n) is 13.2. The molecule has 0 nitrogen and oxygen atoms in total. The highest BCUT2D eigenvalue weighted by atomic mass is 14.2. The van der Waals surface area contributed by atoms with Crippen LogP contribution in [0.1, 0.15) is 49.7 Å². The molecule has 0 aliphatic rings. The SMILES string of the molecule is CCCC[B]CCCC(c1ccccc1)c1ccccc1. The molecule has 109 valence electrons. The van der Waals surface area contributed by atoms with E-state index in [1.54, 1.807) is 0 Å². The first kappa shape index (κ1) is 15.9. The van der Waals surface area contributed by atoms with E-state index in [4.69, 9.17) is 0 Å². The van der Waals surface area contributed by atoms with Crippen molar-refractivity contribution in [2.24, 2.45) is 0 Å². The van der Waals surface area contributed by atoms with Crippen LogP contribution in [0, 0.1) is 0 Å². The molecule has 2 aromatic rings. The van der Waals surface area contributed by atoms with Crippen molar-refractivity contribution < 1.29 is 0 Å². The van der Waals surface area contributed by atoms with Gasteiger partial charge in [0.25, 0.3) is 0 Å². The summed E-state index contributed by atoms with van der Waals surface area (Å²) in [6.07, 6.45) is 7.66. The van der Waals surface area contributed by atoms with Crippen molar-refractivity contribution >= 4 is 7.28 Å². The fourth-order valence-corrected chi connectivity index (χ4v) is 2.86. The number of rotatable bonds is 9. The highest BCUT2D eigenvalue weighted by molar-refractivity contribution is 6.35. The molecule has 2 rings (SSSR count). The van der Waals surface area contributed by atoms with Gasteiger partial charge in [-0.2, -0.15) is 0 Å². The summed E-state index contributed by atoms with van der Waals surface area (Å²) in [7, 11) is 2.47. The van der Waals surface area contributed by atoms with Gasteiger partial charge in [0.15, 0.2) is 0 Å². The van der Waals surface area contributed by atoms with Crippen LogP contribution in [0.15, 0.2) is 60.7 Å². The van der Waals surface area contributed by atoms with Gasteiger partial charge in [-0.1, -0.05) is 99.5 Å². The van der Waals surface area contributed by atoms with Crippen LogP contribution in [-0.2, 0) is 0 Å². The molecule has 0 saturated carbocycles. The zero-order valence-corrected chi connectivity index (χ0v) is 13.2. The van der Waals surface area contributed by atoms with Crippen molar-refractivity contribution in [1.29, 1.82) is 0 Å². The molecule has 2 aromatic carbocycles. The molecule has 0 spiro atoms. The van der Waals surface area contributed by atoms with Crippen molar-refractivity contribution in [3.05, 3.63) is 71.8 Å². The van der Waals surface area contributed by atoms with Gasteiger partial charge in [-0.15, -0.1) is 0 Å². The Hall–Kier alpha value is -1.50. The highest BCUT2D eigenvalue weighted by Gasteiger charge is 2.13. The largest absolute Gasteiger partial charge is 0.109 e. The van der Waals surface area contributed by atoms with Crippen LogP contribution in [0.5, 0.6) is 0 Å². The van der Waals surface area contributed by atoms with Crippen molar-refractivity contribution in [3.63, 3.8) is 0 Å². The molecule has 0 aliphatic carbocycles. The predicted molar refractivity (Wildman–Crippen MR) is 94.2 cm³/mol. The summed E-state index contributed by atoms with van der Waals surface area (Å²) in [6, 6.07) is 21.9. The van der Waals surface area contributed by atoms with E-state index in [2.05, 4.69) is 74.9 Å². The van der Waals surface area contributed by atoms with Crippen LogP contribution in [-0.4, -0.2) is 7.28 Å². The van der Waals surface area contributed by atoms with E-state index < -0.39 is 0 Å². The molecule has 0 bridgehead atoms. The molecule has 0 aromatic heterocycles. The van der Waals surface area contributed by atoms with Gasteiger partial charge in [0.2, 0.25) is 0 Å². The topological polar surface area (TPSA) is 0 Å². The number of hydrogen-bond donors (Lipinski definition) is 0. The lowest BCUT2D eigenvalue weighted by Crippen LogP contribution is -2.02. The Morgan fingerprint density at radius 3 is 1.81 bits per heavy atom. The van der Waals surface area contributed by atoms with E-state index in [0.717, 1.165) is 0 Å². The Labute approximate surface area is 130 Å². The smallest absolute Gasteiger partial charge is 0.0803 e. The second kappa shape index (κ2) is 9.44. The maximum atomic E-state index is 2.47. The maximum Gasteiger partial charge on any atom is 0.109 e. The average Bonchev–Trinajstić information content (AvgIpc) is 2.56. The highest BCUT2D eigenvalue weighted by Crippen LogP contribution is 2.29. The third-order valence-corrected chi connectivity index (χ3v) is 4.07. The molecule has 0 unspecified atom stereocenters. The molecule has 0 aliphatic heterocycles. The molecule has 0 saturated heterocycles. The normalized spacial score (nSPS) is 10.8. The summed E-state index contributed by atoms with van der Waals surface area (Å²) in [6.45, 7) is 2.26. The van der Waals surface area contributed by atoms with Gasteiger partial charge in [0, 0.05) is 5.92 Å². The summed E-state index contributed by atoms with van der Waals surface area (Å²) < 4.78 is 0. The first-order chi connectivity index (χ1) is 10.4. The standard InChI is InChI=1S/C20H26B/c1-2-3-16-21-17-10-15-20(18-11-6-4-7-12-18)19-13-8-5-9-14-19/h4-9,11-14,20H,2-3,10,15-17H2,1H3. The first-order valence-electron chi connectivity index (χ1n) is 8.33. The van der Waals surface area contributed by atoms with Crippen LogP contribution in [0.25, 0.3) is 0 Å². The molecule has 0 fully saturated rings. The van der Waals surface area contributed by atoms with Gasteiger partial charge < -0.3 is 0 Å². The predicted octanol–water partition coefficient (Wildman–Crippen LogP) is 5.94. The third-order valence-electron chi connectivity index (χ3n) is 4.07. The van der Waals surface area contributed by atoms with Crippen molar-refractivity contribution in [2.75, 3.05) is 0 Å². The van der Waals surface area contributed by atoms with E-state index in [1.165, 1.54) is 49.5 Å². The van der Waals surface area contributed by atoms with E-state index >= 15 is 0 Å². The monoisotopic (exact) mass is 277 g/mol. The van der Waals surface area contributed by atoms with Crippen molar-refractivity contribution in [2.45, 2.75) is 51.2 Å². The van der Waals surface area contributed by atoms with Gasteiger partial charge in [-0.25, -0.2) is 0 Å². The summed E-state index contributed by atoms with van der Waals surface area (Å²) in [5.41, 5.74) is 2.88. The van der Waals surface area contributed by atoms with Crippen molar-refractivity contribution in [1.82, 2.24) is 0 Å². The second-order valence-corrected chi connectivity index (χ2v) is 5.74. The Balaban J connectivity index is 1.94. The number of benzene rings is 2. The molecular formula is C20H26B. The Morgan fingerprint density at radius 1 is 0.762 bits per heavy atom. The lowest BCUT2D eigenvalue weighted by Gasteiger charge is -2.18. The fourth-order valence-electron chi connectivity index (χ4n) is 2.86. The minimum absolute atomic E-state index is 0.534. The minimum Gasteiger partial charge on any atom is -0.0803 e. The summed E-state index contributed by atoms with van der Waals surface area (Å²) in [5, 5.41) is 0. The van der Waals surface area contributed by atoms with Crippen LogP contribution in [0.2, 0.25) is 12.6 Å². The second-order valence-electron chi connectivity index (χ2n) is 5.74. The third kappa shape index (κ3) is 5.42. The van der Waals surface area contributed by atoms with Gasteiger partial charge in [0.1, 0.15) is 7.28 Å². The van der Waals surface area contributed by atoms with E-state index in [-0.39, 0.29) is 0 Å². The summed E-state index contributed by atoms with van der Waals surface area (Å²) in [4.78, 5) is 0. The quantitative estimate of drug-likeness (QED) is 0.393. The Morgan fingerprint density at radius 2 is 1.29 bits per heavy atom. The van der Waals surface area contributed by atoms with Crippen molar-refractivity contribution in [3.8, 4) is 0 Å². The van der Waals surface area contributed by atoms with Crippen LogP contribution >= 0.6 is 0 Å². The van der Waals surface area contributed by atoms with Gasteiger partial charge in [0.05, 0.1) is 0 Å². The molecule has 0 atom stereocenters. The van der Waals surface area contributed by atoms with Crippen LogP contribution < -0.4 is 0 Å². The Bertz CT molecular complexity index is 438. The molecule has 21 heavy (non-hydrogen) atoms. The van der Waals surface area contributed by atoms with Gasteiger partial charge in [-0.3, -0.25) is 0 Å². The van der Waals surface area contributed by atoms with E-state index in [1.807, 2.05) is 0 Å². The molecule has 0 N–H and O–H groups in total. The maximum absolute atomic E-state index is 2.47. The zero-order chi connectivity index (χ0) is 14.8. The average molecular weight is 277 g/mol. The van der Waals surface area contributed by atoms with E-state index in [0.29, 0.717) is 5.92 Å². The molecule has 0 heterocycles. The molecule has 1 radical (unpaired) electrons.